The first-order valence-electron chi connectivity index (χ1n) is 14.6. The number of hydrogen-bond donors (Lipinski definition) is 4. The van der Waals surface area contributed by atoms with E-state index in [1.807, 2.05) is 55.5 Å². The number of carbonyl (C=O) groups excluding carboxylic acids is 3. The Labute approximate surface area is 260 Å². The third-order valence-electron chi connectivity index (χ3n) is 7.45. The molecule has 1 atom stereocenters. The number of nitrogens with one attached hydrogen (secondary N) is 2. The molecule has 5 N–H and O–H groups in total. The van der Waals surface area contributed by atoms with E-state index in [0.717, 1.165) is 26.9 Å². The molecule has 1 fully saturated rings. The van der Waals surface area contributed by atoms with Gasteiger partial charge in [0.25, 0.3) is 0 Å². The summed E-state index contributed by atoms with van der Waals surface area (Å²) in [5.41, 5.74) is 9.34. The predicted octanol–water partition coefficient (Wildman–Crippen LogP) is 3.49. The van der Waals surface area contributed by atoms with Crippen LogP contribution in [0, 0.1) is 0 Å². The van der Waals surface area contributed by atoms with Crippen molar-refractivity contribution in [1.82, 2.24) is 30.5 Å². The van der Waals surface area contributed by atoms with Crippen molar-refractivity contribution in [2.75, 3.05) is 31.9 Å². The number of nitrogen functional groups attached to an aromatic ring is 1. The minimum absolute atomic E-state index is 0.0931. The average Bonchev–Trinajstić information content (AvgIpc) is 3.43. The molecule has 230 valence electrons. The fourth-order valence-electron chi connectivity index (χ4n) is 5.29. The van der Waals surface area contributed by atoms with Crippen molar-refractivity contribution in [3.05, 3.63) is 89.5 Å². The van der Waals surface area contributed by atoms with Gasteiger partial charge in [-0.15, -0.1) is 0 Å². The Balaban J connectivity index is 1.42. The van der Waals surface area contributed by atoms with Crippen molar-refractivity contribution in [1.29, 1.82) is 0 Å². The Kier molecular flexibility index (Phi) is 9.93. The van der Waals surface area contributed by atoms with Crippen molar-refractivity contribution in [2.24, 2.45) is 0 Å². The van der Waals surface area contributed by atoms with Crippen LogP contribution in [0.4, 0.5) is 9.93 Å². The van der Waals surface area contributed by atoms with Crippen LogP contribution in [-0.2, 0) is 29.1 Å². The van der Waals surface area contributed by atoms with Gasteiger partial charge in [0.1, 0.15) is 11.8 Å². The van der Waals surface area contributed by atoms with Crippen LogP contribution >= 0.6 is 11.3 Å². The largest absolute Gasteiger partial charge is 0.508 e. The smallest absolute Gasteiger partial charge is 0.332 e. The molecule has 44 heavy (non-hydrogen) atoms. The molecule has 2 heterocycles. The maximum absolute atomic E-state index is 14.1. The molecule has 0 spiro atoms. The minimum atomic E-state index is -0.849. The monoisotopic (exact) mass is 615 g/mol. The lowest BCUT2D eigenvalue weighted by atomic mass is 10.0. The zero-order chi connectivity index (χ0) is 31.1. The summed E-state index contributed by atoms with van der Waals surface area (Å²) in [6.45, 7) is 3.40. The second kappa shape index (κ2) is 14.2. The van der Waals surface area contributed by atoms with E-state index in [2.05, 4.69) is 15.6 Å². The number of rotatable bonds is 9. The van der Waals surface area contributed by atoms with Gasteiger partial charge in [0.15, 0.2) is 5.13 Å². The standard InChI is InChI=1S/C32H37N7O4S/c1-2-15-39(32(43)34-19-23-7-4-3-5-8-23)38-17-16-37(20-24-9-6-10-27-29(24)36-31(33)44-27)30(42)26(35-28(41)21-38)18-22-11-13-25(40)14-12-22/h3-14,26,40H,2,15-21H2,1H3,(H2,33,36)(H,34,43)(H,35,41)/t26-/m0/s1. The first-order chi connectivity index (χ1) is 21.3. The molecule has 4 aromatic rings. The molecule has 0 aliphatic carbocycles. The first kappa shape index (κ1) is 30.8. The number of thiazole rings is 1. The Bertz CT molecular complexity index is 1600. The van der Waals surface area contributed by atoms with Crippen molar-refractivity contribution >= 4 is 44.5 Å². The number of urea groups is 1. The number of carbonyl (C=O) groups is 3. The van der Waals surface area contributed by atoms with Crippen LogP contribution in [0.1, 0.15) is 30.0 Å². The summed E-state index contributed by atoms with van der Waals surface area (Å²) in [4.78, 5) is 47.2. The molecule has 1 aliphatic heterocycles. The summed E-state index contributed by atoms with van der Waals surface area (Å²) in [5, 5.41) is 19.4. The predicted molar refractivity (Wildman–Crippen MR) is 170 cm³/mol. The number of amides is 4. The molecule has 12 heteroatoms. The van der Waals surface area contributed by atoms with E-state index in [1.165, 1.54) is 11.3 Å². The van der Waals surface area contributed by atoms with Gasteiger partial charge < -0.3 is 26.4 Å². The third kappa shape index (κ3) is 7.63. The summed E-state index contributed by atoms with van der Waals surface area (Å²) in [7, 11) is 0. The quantitative estimate of drug-likeness (QED) is 0.226. The Hall–Kier alpha value is -4.68. The van der Waals surface area contributed by atoms with Gasteiger partial charge in [-0.1, -0.05) is 72.9 Å². The van der Waals surface area contributed by atoms with E-state index < -0.39 is 6.04 Å². The van der Waals surface area contributed by atoms with Gasteiger partial charge in [-0.2, -0.15) is 0 Å². The highest BCUT2D eigenvalue weighted by atomic mass is 32.1. The lowest BCUT2D eigenvalue weighted by Gasteiger charge is -2.35. The van der Waals surface area contributed by atoms with E-state index >= 15 is 0 Å². The summed E-state index contributed by atoms with van der Waals surface area (Å²) in [5.74, 6) is -0.493. The molecule has 5 rings (SSSR count). The summed E-state index contributed by atoms with van der Waals surface area (Å²) in [6.07, 6.45) is 0.918. The molecular weight excluding hydrogens is 578 g/mol. The number of hydrazine groups is 1. The molecule has 0 unspecified atom stereocenters. The van der Waals surface area contributed by atoms with Crippen LogP contribution in [0.2, 0.25) is 0 Å². The highest BCUT2D eigenvalue weighted by molar-refractivity contribution is 7.22. The zero-order valence-electron chi connectivity index (χ0n) is 24.6. The summed E-state index contributed by atoms with van der Waals surface area (Å²) >= 11 is 1.39. The second-order valence-corrected chi connectivity index (χ2v) is 11.8. The van der Waals surface area contributed by atoms with E-state index in [4.69, 9.17) is 5.73 Å². The van der Waals surface area contributed by atoms with Crippen LogP contribution in [0.5, 0.6) is 5.75 Å². The van der Waals surface area contributed by atoms with Crippen molar-refractivity contribution in [3.8, 4) is 5.75 Å². The number of nitrogens with zero attached hydrogens (tertiary/aromatic N) is 4. The molecule has 11 nitrogen and oxygen atoms in total. The molecular formula is C32H37N7O4S. The molecule has 4 amide bonds. The van der Waals surface area contributed by atoms with Crippen molar-refractivity contribution in [3.63, 3.8) is 0 Å². The number of phenolic OH excluding ortho intramolecular Hbond substituents is 1. The molecule has 3 aromatic carbocycles. The second-order valence-electron chi connectivity index (χ2n) is 10.7. The number of aromatic hydroxyl groups is 1. The molecule has 1 aliphatic rings. The fraction of sp³-hybridized carbons (Fsp3) is 0.312. The van der Waals surface area contributed by atoms with E-state index in [9.17, 15) is 19.5 Å². The first-order valence-corrected chi connectivity index (χ1v) is 15.5. The normalized spacial score (nSPS) is 16.2. The highest BCUT2D eigenvalue weighted by Crippen LogP contribution is 2.27. The summed E-state index contributed by atoms with van der Waals surface area (Å²) < 4.78 is 0.927. The molecule has 0 radical (unpaired) electrons. The van der Waals surface area contributed by atoms with Crippen molar-refractivity contribution in [2.45, 2.75) is 38.9 Å². The van der Waals surface area contributed by atoms with Crippen LogP contribution < -0.4 is 16.4 Å². The number of phenols is 1. The number of anilines is 1. The maximum atomic E-state index is 14.1. The van der Waals surface area contributed by atoms with Gasteiger partial charge in [-0.25, -0.2) is 14.8 Å². The topological polar surface area (TPSA) is 144 Å². The Morgan fingerprint density at radius 2 is 1.84 bits per heavy atom. The van der Waals surface area contributed by atoms with Gasteiger partial charge in [-0.3, -0.25) is 14.6 Å². The SMILES string of the molecule is CCCN(C(=O)NCc1ccccc1)N1CCN(Cc2cccc3sc(N)nc23)C(=O)[C@H](Cc2ccc(O)cc2)NC(=O)C1. The molecule has 0 bridgehead atoms. The van der Waals surface area contributed by atoms with Crippen LogP contribution in [-0.4, -0.2) is 75.1 Å². The molecule has 0 saturated carbocycles. The van der Waals surface area contributed by atoms with Gasteiger partial charge in [0, 0.05) is 39.1 Å². The van der Waals surface area contributed by atoms with Gasteiger partial charge in [0.2, 0.25) is 11.8 Å². The lowest BCUT2D eigenvalue weighted by Crippen LogP contribution is -2.55. The highest BCUT2D eigenvalue weighted by Gasteiger charge is 2.32. The third-order valence-corrected chi connectivity index (χ3v) is 8.30. The van der Waals surface area contributed by atoms with Gasteiger partial charge in [-0.05, 0) is 41.3 Å². The van der Waals surface area contributed by atoms with E-state index in [1.54, 1.807) is 39.2 Å². The Morgan fingerprint density at radius 3 is 2.59 bits per heavy atom. The Morgan fingerprint density at radius 1 is 1.07 bits per heavy atom. The maximum Gasteiger partial charge on any atom is 0.332 e. The number of fused-ring (bicyclic) bond motifs is 1. The number of aromatic nitrogens is 1. The average molecular weight is 616 g/mol. The van der Waals surface area contributed by atoms with E-state index in [0.29, 0.717) is 24.6 Å². The molecule has 1 aromatic heterocycles. The zero-order valence-corrected chi connectivity index (χ0v) is 25.4. The molecule has 1 saturated heterocycles. The van der Waals surface area contributed by atoms with E-state index in [-0.39, 0.29) is 56.2 Å². The number of para-hydroxylation sites is 1. The van der Waals surface area contributed by atoms with Crippen LogP contribution in [0.25, 0.3) is 10.2 Å². The van der Waals surface area contributed by atoms with Crippen molar-refractivity contribution < 1.29 is 19.5 Å². The van der Waals surface area contributed by atoms with Gasteiger partial charge >= 0.3 is 6.03 Å². The summed E-state index contributed by atoms with van der Waals surface area (Å²) in [6, 6.07) is 20.8. The number of benzene rings is 3. The fourth-order valence-corrected chi connectivity index (χ4v) is 6.07. The van der Waals surface area contributed by atoms with Gasteiger partial charge in [0.05, 0.1) is 16.8 Å². The lowest BCUT2D eigenvalue weighted by molar-refractivity contribution is -0.136. The van der Waals surface area contributed by atoms with Crippen LogP contribution in [0.15, 0.2) is 72.8 Å². The van der Waals surface area contributed by atoms with Crippen LogP contribution in [0.3, 0.4) is 0 Å². The number of nitrogens with two attached hydrogens (primary N) is 1. The minimum Gasteiger partial charge on any atom is -0.508 e. The number of hydrogen-bond acceptors (Lipinski definition) is 8.